The smallest absolute Gasteiger partial charge is 0.257 e. The van der Waals surface area contributed by atoms with Gasteiger partial charge in [-0.15, -0.1) is 10.2 Å². The van der Waals surface area contributed by atoms with E-state index in [1.54, 1.807) is 18.2 Å². The quantitative estimate of drug-likeness (QED) is 0.609. The van der Waals surface area contributed by atoms with E-state index in [9.17, 15) is 13.2 Å². The number of aromatic nitrogens is 2. The lowest BCUT2D eigenvalue weighted by molar-refractivity contribution is 0.102. The van der Waals surface area contributed by atoms with E-state index in [2.05, 4.69) is 36.3 Å². The standard InChI is InChI=1S/C21H30N4O3S2/c1-4-5-6-10-19-23-24-21(29-19)22-20(26)17-8-7-9-18(12-17)30(27,28)25-13-15(2)11-16(3)14-25/h7-9,12,15-16H,4-6,10-11,13-14H2,1-3H3,(H,22,24,26). The number of rotatable bonds is 8. The highest BCUT2D eigenvalue weighted by Gasteiger charge is 2.32. The second-order valence-corrected chi connectivity index (χ2v) is 11.2. The number of unbranched alkanes of at least 4 members (excludes halogenated alkanes) is 2. The van der Waals surface area contributed by atoms with Crippen molar-refractivity contribution in [1.29, 1.82) is 0 Å². The van der Waals surface area contributed by atoms with Crippen molar-refractivity contribution in [3.63, 3.8) is 0 Å². The Morgan fingerprint density at radius 3 is 2.63 bits per heavy atom. The molecule has 2 heterocycles. The van der Waals surface area contributed by atoms with Crippen LogP contribution < -0.4 is 5.32 Å². The lowest BCUT2D eigenvalue weighted by atomic mass is 9.94. The number of aryl methyl sites for hydroxylation is 1. The van der Waals surface area contributed by atoms with E-state index in [1.807, 2.05) is 0 Å². The van der Waals surface area contributed by atoms with Crippen molar-refractivity contribution in [1.82, 2.24) is 14.5 Å². The largest absolute Gasteiger partial charge is 0.296 e. The summed E-state index contributed by atoms with van der Waals surface area (Å²) in [6, 6.07) is 6.21. The van der Waals surface area contributed by atoms with Crippen LogP contribution in [0.2, 0.25) is 0 Å². The summed E-state index contributed by atoms with van der Waals surface area (Å²) in [4.78, 5) is 12.8. The van der Waals surface area contributed by atoms with Crippen molar-refractivity contribution in [2.45, 2.75) is 57.8 Å². The molecule has 1 N–H and O–H groups in total. The number of nitrogens with zero attached hydrogens (tertiary/aromatic N) is 3. The molecule has 9 heteroatoms. The second kappa shape index (κ2) is 9.98. The number of sulfonamides is 1. The van der Waals surface area contributed by atoms with Gasteiger partial charge in [0.15, 0.2) is 0 Å². The van der Waals surface area contributed by atoms with Crippen LogP contribution >= 0.6 is 11.3 Å². The van der Waals surface area contributed by atoms with E-state index in [-0.39, 0.29) is 16.4 Å². The van der Waals surface area contributed by atoms with Crippen LogP contribution in [0.15, 0.2) is 29.2 Å². The van der Waals surface area contributed by atoms with Gasteiger partial charge in [-0.1, -0.05) is 51.0 Å². The minimum Gasteiger partial charge on any atom is -0.296 e. The summed E-state index contributed by atoms with van der Waals surface area (Å²) in [7, 11) is -3.64. The fourth-order valence-electron chi connectivity index (χ4n) is 3.85. The summed E-state index contributed by atoms with van der Waals surface area (Å²) in [5.74, 6) is 0.251. The van der Waals surface area contributed by atoms with Crippen LogP contribution in [0.5, 0.6) is 0 Å². The van der Waals surface area contributed by atoms with E-state index in [0.29, 0.717) is 30.1 Å². The highest BCUT2D eigenvalue weighted by molar-refractivity contribution is 7.89. The highest BCUT2D eigenvalue weighted by atomic mass is 32.2. The number of piperidine rings is 1. The Kier molecular flexibility index (Phi) is 7.60. The molecule has 2 atom stereocenters. The van der Waals surface area contributed by atoms with Crippen molar-refractivity contribution in [2.24, 2.45) is 11.8 Å². The van der Waals surface area contributed by atoms with Crippen LogP contribution in [0.3, 0.4) is 0 Å². The average Bonchev–Trinajstić information content (AvgIpc) is 3.14. The predicted molar refractivity (Wildman–Crippen MR) is 119 cm³/mol. The normalized spacial score (nSPS) is 20.2. The maximum Gasteiger partial charge on any atom is 0.257 e. The van der Waals surface area contributed by atoms with Crippen LogP contribution in [-0.2, 0) is 16.4 Å². The summed E-state index contributed by atoms with van der Waals surface area (Å²) >= 11 is 1.36. The van der Waals surface area contributed by atoms with Crippen LogP contribution in [0, 0.1) is 11.8 Å². The number of carbonyl (C=O) groups excluding carboxylic acids is 1. The van der Waals surface area contributed by atoms with E-state index < -0.39 is 10.0 Å². The fourth-order valence-corrected chi connectivity index (χ4v) is 6.35. The Balaban J connectivity index is 1.71. The van der Waals surface area contributed by atoms with Gasteiger partial charge >= 0.3 is 0 Å². The lowest BCUT2D eigenvalue weighted by Crippen LogP contribution is -2.42. The minimum atomic E-state index is -3.64. The van der Waals surface area contributed by atoms with Crippen LogP contribution in [0.25, 0.3) is 0 Å². The van der Waals surface area contributed by atoms with Gasteiger partial charge in [0.2, 0.25) is 15.2 Å². The SMILES string of the molecule is CCCCCc1nnc(NC(=O)c2cccc(S(=O)(=O)N3CC(C)CC(C)C3)c2)s1. The van der Waals surface area contributed by atoms with Crippen LogP contribution in [0.1, 0.15) is 61.8 Å². The Morgan fingerprint density at radius 1 is 1.20 bits per heavy atom. The molecule has 1 aromatic carbocycles. The predicted octanol–water partition coefficient (Wildman–Crippen LogP) is 4.19. The molecule has 1 aliphatic heterocycles. The first-order chi connectivity index (χ1) is 14.3. The van der Waals surface area contributed by atoms with Gasteiger partial charge in [-0.3, -0.25) is 10.1 Å². The number of amides is 1. The van der Waals surface area contributed by atoms with Gasteiger partial charge in [0, 0.05) is 25.1 Å². The fraction of sp³-hybridized carbons (Fsp3) is 0.571. The van der Waals surface area contributed by atoms with Crippen LogP contribution in [0.4, 0.5) is 5.13 Å². The summed E-state index contributed by atoms with van der Waals surface area (Å²) in [5.41, 5.74) is 0.289. The first kappa shape index (κ1) is 22.8. The van der Waals surface area contributed by atoms with E-state index in [4.69, 9.17) is 0 Å². The zero-order valence-electron chi connectivity index (χ0n) is 17.8. The van der Waals surface area contributed by atoms with Crippen molar-refractivity contribution >= 4 is 32.4 Å². The molecule has 3 rings (SSSR count). The molecule has 1 fully saturated rings. The number of hydrogen-bond acceptors (Lipinski definition) is 6. The third kappa shape index (κ3) is 5.65. The summed E-state index contributed by atoms with van der Waals surface area (Å²) in [5, 5.41) is 12.2. The summed E-state index contributed by atoms with van der Waals surface area (Å²) in [6.45, 7) is 7.30. The number of benzene rings is 1. The second-order valence-electron chi connectivity index (χ2n) is 8.21. The monoisotopic (exact) mass is 450 g/mol. The molecule has 1 aliphatic rings. The Labute approximate surface area is 183 Å². The molecular weight excluding hydrogens is 420 g/mol. The van der Waals surface area contributed by atoms with Gasteiger partial charge in [0.1, 0.15) is 5.01 Å². The minimum absolute atomic E-state index is 0.147. The highest BCUT2D eigenvalue weighted by Crippen LogP contribution is 2.27. The van der Waals surface area contributed by atoms with Crippen molar-refractivity contribution in [3.8, 4) is 0 Å². The molecular formula is C21H30N4O3S2. The van der Waals surface area contributed by atoms with Crippen molar-refractivity contribution in [3.05, 3.63) is 34.8 Å². The molecule has 7 nitrogen and oxygen atoms in total. The molecule has 0 bridgehead atoms. The molecule has 0 aliphatic carbocycles. The summed E-state index contributed by atoms with van der Waals surface area (Å²) in [6.07, 6.45) is 5.19. The third-order valence-electron chi connectivity index (χ3n) is 5.25. The first-order valence-corrected chi connectivity index (χ1v) is 12.8. The molecule has 2 aromatic rings. The topological polar surface area (TPSA) is 92.3 Å². The summed E-state index contributed by atoms with van der Waals surface area (Å²) < 4.78 is 27.8. The van der Waals surface area contributed by atoms with Gasteiger partial charge < -0.3 is 0 Å². The molecule has 0 saturated carbocycles. The maximum atomic E-state index is 13.1. The third-order valence-corrected chi connectivity index (χ3v) is 7.98. The molecule has 1 saturated heterocycles. The molecule has 0 radical (unpaired) electrons. The van der Waals surface area contributed by atoms with Crippen molar-refractivity contribution in [2.75, 3.05) is 18.4 Å². The van der Waals surface area contributed by atoms with Gasteiger partial charge in [-0.25, -0.2) is 8.42 Å². The number of hydrogen-bond donors (Lipinski definition) is 1. The molecule has 1 aromatic heterocycles. The Bertz CT molecular complexity index is 964. The zero-order chi connectivity index (χ0) is 21.7. The van der Waals surface area contributed by atoms with Gasteiger partial charge in [-0.05, 0) is 42.9 Å². The molecule has 2 unspecified atom stereocenters. The first-order valence-electron chi connectivity index (χ1n) is 10.5. The Hall–Kier alpha value is -1.84. The van der Waals surface area contributed by atoms with Gasteiger partial charge in [0.25, 0.3) is 5.91 Å². The van der Waals surface area contributed by atoms with Crippen LogP contribution in [-0.4, -0.2) is 41.9 Å². The maximum absolute atomic E-state index is 13.1. The van der Waals surface area contributed by atoms with Gasteiger partial charge in [-0.2, -0.15) is 4.31 Å². The van der Waals surface area contributed by atoms with E-state index in [1.165, 1.54) is 21.7 Å². The van der Waals surface area contributed by atoms with E-state index in [0.717, 1.165) is 37.1 Å². The number of nitrogens with one attached hydrogen (secondary N) is 1. The zero-order valence-corrected chi connectivity index (χ0v) is 19.4. The average molecular weight is 451 g/mol. The Morgan fingerprint density at radius 2 is 1.93 bits per heavy atom. The van der Waals surface area contributed by atoms with E-state index >= 15 is 0 Å². The molecule has 1 amide bonds. The molecule has 30 heavy (non-hydrogen) atoms. The molecule has 164 valence electrons. The number of carbonyl (C=O) groups is 1. The number of anilines is 1. The molecule has 0 spiro atoms. The lowest BCUT2D eigenvalue weighted by Gasteiger charge is -2.34. The van der Waals surface area contributed by atoms with Crippen molar-refractivity contribution < 1.29 is 13.2 Å². The van der Waals surface area contributed by atoms with Gasteiger partial charge in [0.05, 0.1) is 4.90 Å².